The van der Waals surface area contributed by atoms with Crippen LogP contribution in [0.1, 0.15) is 26.7 Å². The van der Waals surface area contributed by atoms with Crippen LogP contribution >= 0.6 is 0 Å². The largest absolute Gasteiger partial charge is 0.315 e. The molecule has 0 aromatic carbocycles. The molecular formula is C9H18N2. The number of hydrogen-bond acceptors (Lipinski definition) is 2. The van der Waals surface area contributed by atoms with Crippen LogP contribution in [-0.4, -0.2) is 25.2 Å². The van der Waals surface area contributed by atoms with E-state index in [1.807, 2.05) is 0 Å². The van der Waals surface area contributed by atoms with Crippen LogP contribution < -0.4 is 10.6 Å². The summed E-state index contributed by atoms with van der Waals surface area (Å²) in [6.07, 6.45) is 2.75. The fourth-order valence-electron chi connectivity index (χ4n) is 2.18. The lowest BCUT2D eigenvalue weighted by Crippen LogP contribution is -2.45. The number of rotatable bonds is 0. The zero-order chi connectivity index (χ0) is 7.95. The predicted molar refractivity (Wildman–Crippen MR) is 46.6 cm³/mol. The Morgan fingerprint density at radius 3 is 2.45 bits per heavy atom. The summed E-state index contributed by atoms with van der Waals surface area (Å²) >= 11 is 0. The molecule has 1 aliphatic heterocycles. The second kappa shape index (κ2) is 2.20. The SMILES string of the molecule is CC1(C)CNCCNC12CC2. The molecule has 64 valence electrons. The summed E-state index contributed by atoms with van der Waals surface area (Å²) in [5, 5.41) is 7.13. The van der Waals surface area contributed by atoms with Gasteiger partial charge in [0.2, 0.25) is 0 Å². The van der Waals surface area contributed by atoms with E-state index in [4.69, 9.17) is 0 Å². The van der Waals surface area contributed by atoms with Gasteiger partial charge >= 0.3 is 0 Å². The molecule has 2 rings (SSSR count). The van der Waals surface area contributed by atoms with Crippen molar-refractivity contribution in [1.82, 2.24) is 10.6 Å². The van der Waals surface area contributed by atoms with Gasteiger partial charge in [-0.1, -0.05) is 13.8 Å². The third-order valence-electron chi connectivity index (χ3n) is 3.38. The molecule has 2 N–H and O–H groups in total. The van der Waals surface area contributed by atoms with Crippen molar-refractivity contribution in [2.45, 2.75) is 32.2 Å². The Morgan fingerprint density at radius 1 is 1.09 bits per heavy atom. The molecule has 2 aliphatic rings. The molecule has 0 atom stereocenters. The van der Waals surface area contributed by atoms with Crippen LogP contribution in [0, 0.1) is 5.41 Å². The zero-order valence-corrected chi connectivity index (χ0v) is 7.54. The second-order valence-corrected chi connectivity index (χ2v) is 4.57. The van der Waals surface area contributed by atoms with Gasteiger partial charge < -0.3 is 10.6 Å². The van der Waals surface area contributed by atoms with E-state index >= 15 is 0 Å². The molecule has 0 radical (unpaired) electrons. The smallest absolute Gasteiger partial charge is 0.0246 e. The molecular weight excluding hydrogens is 136 g/mol. The third kappa shape index (κ3) is 1.09. The average Bonchev–Trinajstić information content (AvgIpc) is 2.68. The van der Waals surface area contributed by atoms with Crippen LogP contribution in [0.2, 0.25) is 0 Å². The zero-order valence-electron chi connectivity index (χ0n) is 7.54. The summed E-state index contributed by atoms with van der Waals surface area (Å²) in [7, 11) is 0. The maximum absolute atomic E-state index is 3.66. The number of nitrogens with one attached hydrogen (secondary N) is 2. The van der Waals surface area contributed by atoms with Gasteiger partial charge in [0.1, 0.15) is 0 Å². The van der Waals surface area contributed by atoms with Gasteiger partial charge in [-0.15, -0.1) is 0 Å². The van der Waals surface area contributed by atoms with Crippen molar-refractivity contribution in [1.29, 1.82) is 0 Å². The summed E-state index contributed by atoms with van der Waals surface area (Å²) in [5.41, 5.74) is 0.944. The van der Waals surface area contributed by atoms with Crippen molar-refractivity contribution in [2.24, 2.45) is 5.41 Å². The molecule has 1 spiro atoms. The van der Waals surface area contributed by atoms with Crippen LogP contribution in [0.15, 0.2) is 0 Å². The first kappa shape index (κ1) is 7.56. The fourth-order valence-corrected chi connectivity index (χ4v) is 2.18. The first-order valence-corrected chi connectivity index (χ1v) is 4.62. The Hall–Kier alpha value is -0.0800. The highest BCUT2D eigenvalue weighted by Gasteiger charge is 2.54. The quantitative estimate of drug-likeness (QED) is 0.538. The highest BCUT2D eigenvalue weighted by Crippen LogP contribution is 2.49. The molecule has 0 bridgehead atoms. The van der Waals surface area contributed by atoms with Crippen LogP contribution in [-0.2, 0) is 0 Å². The molecule has 11 heavy (non-hydrogen) atoms. The van der Waals surface area contributed by atoms with Gasteiger partial charge in [-0.3, -0.25) is 0 Å². The average molecular weight is 154 g/mol. The predicted octanol–water partition coefficient (Wildman–Crippen LogP) is 0.738. The van der Waals surface area contributed by atoms with Crippen LogP contribution in [0.3, 0.4) is 0 Å². The Morgan fingerprint density at radius 2 is 1.82 bits per heavy atom. The standard InChI is InChI=1S/C9H18N2/c1-8(2)7-10-5-6-11-9(8)3-4-9/h10-11H,3-7H2,1-2H3. The summed E-state index contributed by atoms with van der Waals surface area (Å²) < 4.78 is 0. The van der Waals surface area contributed by atoms with Crippen molar-refractivity contribution < 1.29 is 0 Å². The molecule has 1 saturated heterocycles. The van der Waals surface area contributed by atoms with Crippen molar-refractivity contribution in [3.8, 4) is 0 Å². The maximum atomic E-state index is 3.66. The topological polar surface area (TPSA) is 24.1 Å². The molecule has 0 aromatic rings. The minimum atomic E-state index is 0.448. The van der Waals surface area contributed by atoms with E-state index in [1.54, 1.807) is 0 Å². The molecule has 1 aliphatic carbocycles. The lowest BCUT2D eigenvalue weighted by Gasteiger charge is -2.33. The monoisotopic (exact) mass is 154 g/mol. The second-order valence-electron chi connectivity index (χ2n) is 4.57. The summed E-state index contributed by atoms with van der Waals surface area (Å²) in [6.45, 7) is 8.17. The van der Waals surface area contributed by atoms with Crippen LogP contribution in [0.5, 0.6) is 0 Å². The van der Waals surface area contributed by atoms with E-state index in [9.17, 15) is 0 Å². The van der Waals surface area contributed by atoms with Gasteiger partial charge in [0.25, 0.3) is 0 Å². The van der Waals surface area contributed by atoms with Crippen molar-refractivity contribution >= 4 is 0 Å². The van der Waals surface area contributed by atoms with E-state index in [1.165, 1.54) is 19.4 Å². The molecule has 0 aromatic heterocycles. The minimum absolute atomic E-state index is 0.448. The highest BCUT2D eigenvalue weighted by molar-refractivity contribution is 5.12. The molecule has 0 amide bonds. The third-order valence-corrected chi connectivity index (χ3v) is 3.38. The van der Waals surface area contributed by atoms with Gasteiger partial charge in [-0.05, 0) is 18.3 Å². The van der Waals surface area contributed by atoms with Crippen molar-refractivity contribution in [3.05, 3.63) is 0 Å². The van der Waals surface area contributed by atoms with E-state index in [2.05, 4.69) is 24.5 Å². The van der Waals surface area contributed by atoms with Gasteiger partial charge in [0.05, 0.1) is 0 Å². The fraction of sp³-hybridized carbons (Fsp3) is 1.00. The first-order valence-electron chi connectivity index (χ1n) is 4.62. The first-order chi connectivity index (χ1) is 5.16. The lowest BCUT2D eigenvalue weighted by molar-refractivity contribution is 0.238. The molecule has 1 saturated carbocycles. The normalized spacial score (nSPS) is 33.3. The molecule has 2 heteroatoms. The minimum Gasteiger partial charge on any atom is -0.315 e. The van der Waals surface area contributed by atoms with E-state index in [-0.39, 0.29) is 0 Å². The Kier molecular flexibility index (Phi) is 1.52. The van der Waals surface area contributed by atoms with E-state index in [0.29, 0.717) is 11.0 Å². The van der Waals surface area contributed by atoms with Gasteiger partial charge in [0, 0.05) is 25.2 Å². The molecule has 2 fully saturated rings. The molecule has 0 unspecified atom stereocenters. The molecule has 1 heterocycles. The number of hydrogen-bond donors (Lipinski definition) is 2. The van der Waals surface area contributed by atoms with Gasteiger partial charge in [0.15, 0.2) is 0 Å². The maximum Gasteiger partial charge on any atom is 0.0246 e. The summed E-state index contributed by atoms with van der Waals surface area (Å²) in [5.74, 6) is 0. The lowest BCUT2D eigenvalue weighted by atomic mass is 9.82. The van der Waals surface area contributed by atoms with Gasteiger partial charge in [-0.2, -0.15) is 0 Å². The van der Waals surface area contributed by atoms with Crippen molar-refractivity contribution in [3.63, 3.8) is 0 Å². The van der Waals surface area contributed by atoms with Crippen LogP contribution in [0.4, 0.5) is 0 Å². The Bertz CT molecular complexity index is 153. The van der Waals surface area contributed by atoms with Crippen LogP contribution in [0.25, 0.3) is 0 Å². The van der Waals surface area contributed by atoms with E-state index in [0.717, 1.165) is 13.1 Å². The Balaban J connectivity index is 2.14. The Labute approximate surface area is 68.7 Å². The summed E-state index contributed by atoms with van der Waals surface area (Å²) in [6, 6.07) is 0. The van der Waals surface area contributed by atoms with Crippen molar-refractivity contribution in [2.75, 3.05) is 19.6 Å². The summed E-state index contributed by atoms with van der Waals surface area (Å²) in [4.78, 5) is 0. The van der Waals surface area contributed by atoms with Gasteiger partial charge in [-0.25, -0.2) is 0 Å². The highest BCUT2D eigenvalue weighted by atomic mass is 15.1. The molecule has 2 nitrogen and oxygen atoms in total. The van der Waals surface area contributed by atoms with E-state index < -0.39 is 0 Å².